The summed E-state index contributed by atoms with van der Waals surface area (Å²) < 4.78 is 0. The van der Waals surface area contributed by atoms with Gasteiger partial charge >= 0.3 is 0 Å². The van der Waals surface area contributed by atoms with E-state index in [-0.39, 0.29) is 6.10 Å². The van der Waals surface area contributed by atoms with Crippen molar-refractivity contribution in [2.75, 3.05) is 13.1 Å². The molecule has 0 spiro atoms. The molecule has 1 unspecified atom stereocenters. The molecule has 1 aliphatic rings. The molecule has 0 bridgehead atoms. The largest absolute Gasteiger partial charge is 0.391 e. The molecule has 1 heterocycles. The van der Waals surface area contributed by atoms with Crippen molar-refractivity contribution in [1.29, 1.82) is 0 Å². The maximum Gasteiger partial charge on any atom is 0.0704 e. The second kappa shape index (κ2) is 4.97. The zero-order chi connectivity index (χ0) is 9.84. The maximum absolute atomic E-state index is 9.61. The number of nitrogens with one attached hydrogen (secondary N) is 1. The van der Waals surface area contributed by atoms with Crippen LogP contribution in [0.4, 0.5) is 0 Å². The minimum atomic E-state index is -0.102. The average Bonchev–Trinajstić information content (AvgIpc) is 2.34. The van der Waals surface area contributed by atoms with E-state index < -0.39 is 0 Å². The van der Waals surface area contributed by atoms with E-state index in [1.54, 1.807) is 0 Å². The van der Waals surface area contributed by atoms with E-state index >= 15 is 0 Å². The fourth-order valence-electron chi connectivity index (χ4n) is 2.38. The van der Waals surface area contributed by atoms with Gasteiger partial charge in [-0.25, -0.2) is 0 Å². The minimum absolute atomic E-state index is 0.102. The van der Waals surface area contributed by atoms with Crippen LogP contribution in [0.1, 0.15) is 33.6 Å². The normalized spacial score (nSPS) is 31.2. The number of rotatable bonds is 4. The van der Waals surface area contributed by atoms with E-state index in [0.29, 0.717) is 5.92 Å². The van der Waals surface area contributed by atoms with E-state index in [1.807, 2.05) is 0 Å². The van der Waals surface area contributed by atoms with Crippen molar-refractivity contribution in [1.82, 2.24) is 5.32 Å². The van der Waals surface area contributed by atoms with E-state index in [0.717, 1.165) is 24.9 Å². The molecular weight excluding hydrogens is 162 g/mol. The Bertz CT molecular complexity index is 147. The number of β-amino-alcohol motifs (C(OH)–C–C–N with tert-alkyl or cyclic N) is 1. The van der Waals surface area contributed by atoms with Crippen LogP contribution in [0.3, 0.4) is 0 Å². The molecule has 0 aromatic rings. The predicted octanol–water partition coefficient (Wildman–Crippen LogP) is 1.64. The monoisotopic (exact) mass is 185 g/mol. The minimum Gasteiger partial charge on any atom is -0.391 e. The lowest BCUT2D eigenvalue weighted by Gasteiger charge is -2.19. The van der Waals surface area contributed by atoms with Crippen LogP contribution in [-0.2, 0) is 0 Å². The third kappa shape index (κ3) is 3.65. The molecule has 2 heteroatoms. The molecular formula is C11H23NO. The Kier molecular flexibility index (Phi) is 4.20. The first-order valence-electron chi connectivity index (χ1n) is 5.48. The summed E-state index contributed by atoms with van der Waals surface area (Å²) >= 11 is 0. The third-order valence-electron chi connectivity index (χ3n) is 2.88. The molecule has 2 N–H and O–H groups in total. The zero-order valence-electron chi connectivity index (χ0n) is 9.09. The summed E-state index contributed by atoms with van der Waals surface area (Å²) in [6, 6.07) is 0. The molecule has 0 aliphatic carbocycles. The molecule has 0 saturated carbocycles. The van der Waals surface area contributed by atoms with Gasteiger partial charge in [0.1, 0.15) is 0 Å². The van der Waals surface area contributed by atoms with Crippen LogP contribution in [0.2, 0.25) is 0 Å². The predicted molar refractivity (Wildman–Crippen MR) is 55.6 cm³/mol. The summed E-state index contributed by atoms with van der Waals surface area (Å²) in [5, 5.41) is 12.8. The summed E-state index contributed by atoms with van der Waals surface area (Å²) in [6.07, 6.45) is 2.35. The van der Waals surface area contributed by atoms with Crippen LogP contribution in [-0.4, -0.2) is 24.3 Å². The SMILES string of the molecule is CC(C)CC(C)C[C@@H]1CNC[C@H]1O. The van der Waals surface area contributed by atoms with Gasteiger partial charge in [0.25, 0.3) is 0 Å². The molecule has 0 aromatic carbocycles. The molecule has 1 fully saturated rings. The standard InChI is InChI=1S/C11H23NO/c1-8(2)4-9(3)5-10-6-12-7-11(10)13/h8-13H,4-7H2,1-3H3/t9?,10-,11-/m1/s1. The van der Waals surface area contributed by atoms with E-state index in [1.165, 1.54) is 12.8 Å². The van der Waals surface area contributed by atoms with Gasteiger partial charge in [-0.1, -0.05) is 20.8 Å². The molecule has 13 heavy (non-hydrogen) atoms. The highest BCUT2D eigenvalue weighted by atomic mass is 16.3. The molecule has 78 valence electrons. The topological polar surface area (TPSA) is 32.3 Å². The van der Waals surface area contributed by atoms with Crippen LogP contribution >= 0.6 is 0 Å². The van der Waals surface area contributed by atoms with Crippen LogP contribution < -0.4 is 5.32 Å². The lowest BCUT2D eigenvalue weighted by molar-refractivity contribution is 0.131. The molecule has 3 atom stereocenters. The first kappa shape index (κ1) is 11.0. The first-order chi connectivity index (χ1) is 6.09. The van der Waals surface area contributed by atoms with Crippen molar-refractivity contribution in [3.8, 4) is 0 Å². The number of aliphatic hydroxyl groups excluding tert-OH is 1. The summed E-state index contributed by atoms with van der Waals surface area (Å²) in [5.74, 6) is 2.02. The van der Waals surface area contributed by atoms with Gasteiger partial charge in [0.2, 0.25) is 0 Å². The molecule has 0 radical (unpaired) electrons. The van der Waals surface area contributed by atoms with Crippen molar-refractivity contribution < 1.29 is 5.11 Å². The summed E-state index contributed by atoms with van der Waals surface area (Å²) in [7, 11) is 0. The highest BCUT2D eigenvalue weighted by molar-refractivity contribution is 4.81. The Morgan fingerprint density at radius 2 is 2.00 bits per heavy atom. The van der Waals surface area contributed by atoms with Gasteiger partial charge in [-0.15, -0.1) is 0 Å². The Morgan fingerprint density at radius 1 is 1.31 bits per heavy atom. The van der Waals surface area contributed by atoms with Crippen LogP contribution in [0.25, 0.3) is 0 Å². The Hall–Kier alpha value is -0.0800. The van der Waals surface area contributed by atoms with Crippen LogP contribution in [0.5, 0.6) is 0 Å². The van der Waals surface area contributed by atoms with Gasteiger partial charge in [-0.3, -0.25) is 0 Å². The number of hydrogen-bond donors (Lipinski definition) is 2. The van der Waals surface area contributed by atoms with E-state index in [4.69, 9.17) is 0 Å². The highest BCUT2D eigenvalue weighted by Crippen LogP contribution is 2.23. The van der Waals surface area contributed by atoms with E-state index in [9.17, 15) is 5.11 Å². The smallest absolute Gasteiger partial charge is 0.0704 e. The molecule has 2 nitrogen and oxygen atoms in total. The van der Waals surface area contributed by atoms with Gasteiger partial charge in [0.15, 0.2) is 0 Å². The Morgan fingerprint density at radius 3 is 2.46 bits per heavy atom. The second-order valence-electron chi connectivity index (χ2n) is 4.96. The van der Waals surface area contributed by atoms with Crippen LogP contribution in [0.15, 0.2) is 0 Å². The fraction of sp³-hybridized carbons (Fsp3) is 1.00. The zero-order valence-corrected chi connectivity index (χ0v) is 9.09. The summed E-state index contributed by atoms with van der Waals surface area (Å²) in [4.78, 5) is 0. The molecule has 0 aromatic heterocycles. The first-order valence-corrected chi connectivity index (χ1v) is 5.48. The van der Waals surface area contributed by atoms with Gasteiger partial charge in [0, 0.05) is 13.1 Å². The van der Waals surface area contributed by atoms with Gasteiger partial charge < -0.3 is 10.4 Å². The molecule has 1 aliphatic heterocycles. The highest BCUT2D eigenvalue weighted by Gasteiger charge is 2.26. The lowest BCUT2D eigenvalue weighted by atomic mass is 9.88. The van der Waals surface area contributed by atoms with Gasteiger partial charge in [-0.05, 0) is 30.6 Å². The lowest BCUT2D eigenvalue weighted by Crippen LogP contribution is -2.20. The van der Waals surface area contributed by atoms with Crippen molar-refractivity contribution in [3.63, 3.8) is 0 Å². The Balaban J connectivity index is 2.22. The molecule has 1 saturated heterocycles. The van der Waals surface area contributed by atoms with Crippen LogP contribution in [0, 0.1) is 17.8 Å². The van der Waals surface area contributed by atoms with Crippen molar-refractivity contribution in [3.05, 3.63) is 0 Å². The summed E-state index contributed by atoms with van der Waals surface area (Å²) in [5.41, 5.74) is 0. The van der Waals surface area contributed by atoms with Gasteiger partial charge in [-0.2, -0.15) is 0 Å². The quantitative estimate of drug-likeness (QED) is 0.698. The fourth-order valence-corrected chi connectivity index (χ4v) is 2.38. The molecule has 0 amide bonds. The second-order valence-corrected chi connectivity index (χ2v) is 4.96. The number of aliphatic hydroxyl groups is 1. The van der Waals surface area contributed by atoms with E-state index in [2.05, 4.69) is 26.1 Å². The average molecular weight is 185 g/mol. The van der Waals surface area contributed by atoms with Crippen molar-refractivity contribution in [2.24, 2.45) is 17.8 Å². The maximum atomic E-state index is 9.61. The molecule has 1 rings (SSSR count). The van der Waals surface area contributed by atoms with Crippen molar-refractivity contribution in [2.45, 2.75) is 39.7 Å². The van der Waals surface area contributed by atoms with Crippen molar-refractivity contribution >= 4 is 0 Å². The number of hydrogen-bond acceptors (Lipinski definition) is 2. The van der Waals surface area contributed by atoms with Gasteiger partial charge in [0.05, 0.1) is 6.10 Å². The Labute approximate surface area is 81.7 Å². The summed E-state index contributed by atoms with van der Waals surface area (Å²) in [6.45, 7) is 8.62. The third-order valence-corrected chi connectivity index (χ3v) is 2.88.